The maximum absolute atomic E-state index is 12.1. The zero-order valence-corrected chi connectivity index (χ0v) is 13.3. The van der Waals surface area contributed by atoms with Crippen LogP contribution in [-0.4, -0.2) is 33.8 Å². The molecule has 0 radical (unpaired) electrons. The van der Waals surface area contributed by atoms with Crippen molar-refractivity contribution in [2.75, 3.05) is 18.4 Å². The molecule has 0 spiro atoms. The summed E-state index contributed by atoms with van der Waals surface area (Å²) in [4.78, 5) is 16.6. The molecule has 0 saturated carbocycles. The van der Waals surface area contributed by atoms with Gasteiger partial charge >= 0.3 is 0 Å². The van der Waals surface area contributed by atoms with Gasteiger partial charge in [-0.05, 0) is 38.1 Å². The molecule has 2 aromatic rings. The fourth-order valence-electron chi connectivity index (χ4n) is 2.53. The van der Waals surface area contributed by atoms with Crippen LogP contribution in [0.15, 0.2) is 30.3 Å². The van der Waals surface area contributed by atoms with Gasteiger partial charge in [0, 0.05) is 18.5 Å². The number of nitrogens with zero attached hydrogens (tertiary/aromatic N) is 3. The van der Waals surface area contributed by atoms with Crippen molar-refractivity contribution in [2.45, 2.75) is 18.8 Å². The number of nitrogens with one attached hydrogen (secondary N) is 2. The first-order chi connectivity index (χ1) is 10.2. The minimum absolute atomic E-state index is 0. The Morgan fingerprint density at radius 3 is 2.64 bits per heavy atom. The largest absolute Gasteiger partial charge is 0.317 e. The zero-order valence-electron chi connectivity index (χ0n) is 12.5. The summed E-state index contributed by atoms with van der Waals surface area (Å²) in [6.45, 7) is 1.99. The Morgan fingerprint density at radius 2 is 1.95 bits per heavy atom. The van der Waals surface area contributed by atoms with E-state index in [1.165, 1.54) is 0 Å². The SMILES string of the molecule is Cl.Cn1nc(C2CCNCC2)nc1NC(=O)c1ccccc1. The molecule has 7 heteroatoms. The van der Waals surface area contributed by atoms with Crippen LogP contribution in [0.25, 0.3) is 0 Å². The molecule has 1 saturated heterocycles. The quantitative estimate of drug-likeness (QED) is 0.906. The predicted molar refractivity (Wildman–Crippen MR) is 87.5 cm³/mol. The first kappa shape index (κ1) is 16.5. The highest BCUT2D eigenvalue weighted by molar-refractivity contribution is 6.03. The third-order valence-electron chi connectivity index (χ3n) is 3.75. The van der Waals surface area contributed by atoms with E-state index in [2.05, 4.69) is 20.7 Å². The Balaban J connectivity index is 0.00000176. The molecule has 2 N–H and O–H groups in total. The highest BCUT2D eigenvalue weighted by Crippen LogP contribution is 2.23. The number of carbonyl (C=O) groups is 1. The van der Waals surface area contributed by atoms with Crippen LogP contribution >= 0.6 is 12.4 Å². The van der Waals surface area contributed by atoms with E-state index >= 15 is 0 Å². The number of piperidine rings is 1. The molecule has 1 aliphatic rings. The lowest BCUT2D eigenvalue weighted by atomic mass is 9.98. The second-order valence-electron chi connectivity index (χ2n) is 5.26. The first-order valence-corrected chi connectivity index (χ1v) is 7.22. The van der Waals surface area contributed by atoms with Crippen molar-refractivity contribution in [1.29, 1.82) is 0 Å². The molecule has 6 nitrogen and oxygen atoms in total. The number of hydrogen-bond acceptors (Lipinski definition) is 4. The fourth-order valence-corrected chi connectivity index (χ4v) is 2.53. The van der Waals surface area contributed by atoms with Gasteiger partial charge in [0.2, 0.25) is 5.95 Å². The summed E-state index contributed by atoms with van der Waals surface area (Å²) in [5.74, 6) is 1.53. The summed E-state index contributed by atoms with van der Waals surface area (Å²) in [5.41, 5.74) is 0.615. The maximum Gasteiger partial charge on any atom is 0.258 e. The molecule has 3 rings (SSSR count). The fraction of sp³-hybridized carbons (Fsp3) is 0.400. The van der Waals surface area contributed by atoms with E-state index in [1.807, 2.05) is 18.2 Å². The van der Waals surface area contributed by atoms with Crippen molar-refractivity contribution >= 4 is 24.3 Å². The third kappa shape index (κ3) is 3.64. The second kappa shape index (κ2) is 7.38. The van der Waals surface area contributed by atoms with Gasteiger partial charge in [-0.3, -0.25) is 10.1 Å². The lowest BCUT2D eigenvalue weighted by Gasteiger charge is -2.19. The number of aromatic nitrogens is 3. The predicted octanol–water partition coefficient (Wildman–Crippen LogP) is 1.96. The standard InChI is InChI=1S/C15H19N5O.ClH/c1-20-15(18-14(21)12-5-3-2-4-6-12)17-13(19-20)11-7-9-16-10-8-11;/h2-6,11,16H,7-10H2,1H3,(H,17,18,19,21);1H. The average Bonchev–Trinajstić information content (AvgIpc) is 2.90. The third-order valence-corrected chi connectivity index (χ3v) is 3.75. The Kier molecular flexibility index (Phi) is 5.51. The van der Waals surface area contributed by atoms with Gasteiger partial charge in [-0.2, -0.15) is 10.1 Å². The van der Waals surface area contributed by atoms with Crippen molar-refractivity contribution in [3.8, 4) is 0 Å². The van der Waals surface area contributed by atoms with Crippen molar-refractivity contribution in [1.82, 2.24) is 20.1 Å². The molecular formula is C15H20ClN5O. The van der Waals surface area contributed by atoms with Crippen LogP contribution in [0.2, 0.25) is 0 Å². The summed E-state index contributed by atoms with van der Waals surface area (Å²) < 4.78 is 1.64. The molecule has 1 aliphatic heterocycles. The van der Waals surface area contributed by atoms with E-state index in [0.29, 0.717) is 17.4 Å². The number of aryl methyl sites for hydroxylation is 1. The van der Waals surface area contributed by atoms with Gasteiger partial charge in [0.05, 0.1) is 0 Å². The van der Waals surface area contributed by atoms with Gasteiger partial charge in [-0.25, -0.2) is 4.68 Å². The summed E-state index contributed by atoms with van der Waals surface area (Å²) in [7, 11) is 1.80. The molecule has 0 aliphatic carbocycles. The maximum atomic E-state index is 12.1. The molecule has 22 heavy (non-hydrogen) atoms. The highest BCUT2D eigenvalue weighted by atomic mass is 35.5. The number of halogens is 1. The highest BCUT2D eigenvalue weighted by Gasteiger charge is 2.21. The van der Waals surface area contributed by atoms with Gasteiger partial charge in [-0.1, -0.05) is 18.2 Å². The number of rotatable bonds is 3. The Morgan fingerprint density at radius 1 is 1.27 bits per heavy atom. The van der Waals surface area contributed by atoms with Crippen molar-refractivity contribution < 1.29 is 4.79 Å². The molecule has 2 heterocycles. The van der Waals surface area contributed by atoms with E-state index in [9.17, 15) is 4.79 Å². The smallest absolute Gasteiger partial charge is 0.258 e. The molecule has 1 aromatic carbocycles. The number of benzene rings is 1. The lowest BCUT2D eigenvalue weighted by molar-refractivity contribution is 0.102. The zero-order chi connectivity index (χ0) is 14.7. The van der Waals surface area contributed by atoms with Gasteiger partial charge in [0.1, 0.15) is 0 Å². The molecule has 118 valence electrons. The van der Waals surface area contributed by atoms with E-state index in [1.54, 1.807) is 23.9 Å². The first-order valence-electron chi connectivity index (χ1n) is 7.22. The Hall–Kier alpha value is -1.92. The minimum Gasteiger partial charge on any atom is -0.317 e. The van der Waals surface area contributed by atoms with Gasteiger partial charge < -0.3 is 5.32 Å². The summed E-state index contributed by atoms with van der Waals surface area (Å²) in [6, 6.07) is 9.12. The van der Waals surface area contributed by atoms with Crippen molar-refractivity contribution in [2.24, 2.45) is 7.05 Å². The van der Waals surface area contributed by atoms with Crippen LogP contribution < -0.4 is 10.6 Å². The monoisotopic (exact) mass is 321 g/mol. The molecule has 0 atom stereocenters. The van der Waals surface area contributed by atoms with Gasteiger partial charge in [0.15, 0.2) is 5.82 Å². The summed E-state index contributed by atoms with van der Waals surface area (Å²) in [6.07, 6.45) is 2.08. The molecule has 1 fully saturated rings. The number of carbonyl (C=O) groups excluding carboxylic acids is 1. The molecule has 0 unspecified atom stereocenters. The topological polar surface area (TPSA) is 71.8 Å². The molecular weight excluding hydrogens is 302 g/mol. The van der Waals surface area contributed by atoms with E-state index in [0.717, 1.165) is 31.8 Å². The van der Waals surface area contributed by atoms with Crippen LogP contribution in [0, 0.1) is 0 Å². The Bertz CT molecular complexity index is 622. The van der Waals surface area contributed by atoms with Crippen LogP contribution in [0.5, 0.6) is 0 Å². The van der Waals surface area contributed by atoms with Crippen molar-refractivity contribution in [3.05, 3.63) is 41.7 Å². The average molecular weight is 322 g/mol. The van der Waals surface area contributed by atoms with E-state index in [-0.39, 0.29) is 18.3 Å². The number of anilines is 1. The Labute approximate surface area is 135 Å². The molecule has 0 bridgehead atoms. The second-order valence-corrected chi connectivity index (χ2v) is 5.26. The number of amides is 1. The van der Waals surface area contributed by atoms with Crippen LogP contribution in [-0.2, 0) is 7.05 Å². The van der Waals surface area contributed by atoms with Crippen LogP contribution in [0.3, 0.4) is 0 Å². The molecule has 1 amide bonds. The van der Waals surface area contributed by atoms with Gasteiger partial charge in [-0.15, -0.1) is 12.4 Å². The van der Waals surface area contributed by atoms with Crippen molar-refractivity contribution in [3.63, 3.8) is 0 Å². The van der Waals surface area contributed by atoms with E-state index < -0.39 is 0 Å². The number of hydrogen-bond donors (Lipinski definition) is 2. The normalized spacial score (nSPS) is 15.1. The minimum atomic E-state index is -0.164. The van der Waals surface area contributed by atoms with E-state index in [4.69, 9.17) is 0 Å². The summed E-state index contributed by atoms with van der Waals surface area (Å²) >= 11 is 0. The lowest BCUT2D eigenvalue weighted by Crippen LogP contribution is -2.27. The van der Waals surface area contributed by atoms with Crippen LogP contribution in [0.4, 0.5) is 5.95 Å². The summed E-state index contributed by atoms with van der Waals surface area (Å²) in [5, 5.41) is 10.6. The van der Waals surface area contributed by atoms with Crippen LogP contribution in [0.1, 0.15) is 34.9 Å². The van der Waals surface area contributed by atoms with Gasteiger partial charge in [0.25, 0.3) is 5.91 Å². The molecule has 1 aromatic heterocycles.